The SMILES string of the molecule is CCC1(C(=O)c2ccccc2)CCCCC1=O. The summed E-state index contributed by atoms with van der Waals surface area (Å²) < 4.78 is 0. The lowest BCUT2D eigenvalue weighted by molar-refractivity contribution is -0.128. The largest absolute Gasteiger partial charge is 0.299 e. The highest BCUT2D eigenvalue weighted by molar-refractivity contribution is 6.14. The highest BCUT2D eigenvalue weighted by Crippen LogP contribution is 2.39. The molecule has 1 saturated carbocycles. The molecule has 1 fully saturated rings. The molecule has 0 radical (unpaired) electrons. The smallest absolute Gasteiger partial charge is 0.176 e. The van der Waals surface area contributed by atoms with Gasteiger partial charge in [0.2, 0.25) is 0 Å². The van der Waals surface area contributed by atoms with Crippen LogP contribution in [0.25, 0.3) is 0 Å². The number of Topliss-reactive ketones (excluding diaryl/α,β-unsaturated/α-hetero) is 2. The Bertz CT molecular complexity index is 422. The summed E-state index contributed by atoms with van der Waals surface area (Å²) in [6.07, 6.45) is 3.82. The average Bonchev–Trinajstić information content (AvgIpc) is 2.40. The lowest BCUT2D eigenvalue weighted by atomic mass is 9.67. The first-order valence-electron chi connectivity index (χ1n) is 6.34. The van der Waals surface area contributed by atoms with Crippen LogP contribution < -0.4 is 0 Å². The summed E-state index contributed by atoms with van der Waals surface area (Å²) in [7, 11) is 0. The number of carbonyl (C=O) groups excluding carboxylic acids is 2. The van der Waals surface area contributed by atoms with E-state index in [2.05, 4.69) is 0 Å². The first-order chi connectivity index (χ1) is 8.20. The van der Waals surface area contributed by atoms with Crippen molar-refractivity contribution in [3.8, 4) is 0 Å². The normalized spacial score (nSPS) is 24.6. The lowest BCUT2D eigenvalue weighted by Crippen LogP contribution is -2.41. The van der Waals surface area contributed by atoms with Gasteiger partial charge in [-0.05, 0) is 19.3 Å². The maximum Gasteiger partial charge on any atom is 0.176 e. The molecule has 1 aliphatic carbocycles. The zero-order valence-electron chi connectivity index (χ0n) is 10.2. The Labute approximate surface area is 102 Å². The fourth-order valence-electron chi connectivity index (χ4n) is 2.73. The zero-order valence-corrected chi connectivity index (χ0v) is 10.2. The standard InChI is InChI=1S/C15H18O2/c1-2-15(11-7-6-10-13(15)16)14(17)12-8-4-3-5-9-12/h3-5,8-9H,2,6-7,10-11H2,1H3. The van der Waals surface area contributed by atoms with Gasteiger partial charge in [-0.25, -0.2) is 0 Å². The van der Waals surface area contributed by atoms with Gasteiger partial charge in [-0.3, -0.25) is 9.59 Å². The minimum Gasteiger partial charge on any atom is -0.299 e. The quantitative estimate of drug-likeness (QED) is 0.589. The molecule has 2 rings (SSSR count). The topological polar surface area (TPSA) is 34.1 Å². The Balaban J connectivity index is 2.35. The van der Waals surface area contributed by atoms with Gasteiger partial charge in [-0.1, -0.05) is 43.7 Å². The van der Waals surface area contributed by atoms with Crippen molar-refractivity contribution in [3.05, 3.63) is 35.9 Å². The Morgan fingerprint density at radius 3 is 2.53 bits per heavy atom. The number of ketones is 2. The third-order valence-corrected chi connectivity index (χ3v) is 3.87. The Morgan fingerprint density at radius 2 is 1.94 bits per heavy atom. The van der Waals surface area contributed by atoms with E-state index in [0.717, 1.165) is 19.3 Å². The highest BCUT2D eigenvalue weighted by atomic mass is 16.2. The third-order valence-electron chi connectivity index (χ3n) is 3.87. The van der Waals surface area contributed by atoms with Crippen molar-refractivity contribution >= 4 is 11.6 Å². The van der Waals surface area contributed by atoms with Crippen LogP contribution in [0.5, 0.6) is 0 Å². The van der Waals surface area contributed by atoms with Gasteiger partial charge in [-0.2, -0.15) is 0 Å². The molecule has 1 atom stereocenters. The molecular weight excluding hydrogens is 212 g/mol. The fraction of sp³-hybridized carbons (Fsp3) is 0.467. The van der Waals surface area contributed by atoms with Crippen molar-refractivity contribution in [2.24, 2.45) is 5.41 Å². The molecule has 90 valence electrons. The van der Waals surface area contributed by atoms with Crippen molar-refractivity contribution in [2.75, 3.05) is 0 Å². The van der Waals surface area contributed by atoms with Gasteiger partial charge in [-0.15, -0.1) is 0 Å². The minimum atomic E-state index is -0.737. The number of hydrogen-bond acceptors (Lipinski definition) is 2. The fourth-order valence-corrected chi connectivity index (χ4v) is 2.73. The summed E-state index contributed by atoms with van der Waals surface area (Å²) in [6.45, 7) is 1.95. The maximum absolute atomic E-state index is 12.5. The van der Waals surface area contributed by atoms with E-state index in [-0.39, 0.29) is 11.6 Å². The van der Waals surface area contributed by atoms with Crippen LogP contribution >= 0.6 is 0 Å². The van der Waals surface area contributed by atoms with Crippen molar-refractivity contribution in [3.63, 3.8) is 0 Å². The number of rotatable bonds is 3. The average molecular weight is 230 g/mol. The summed E-state index contributed by atoms with van der Waals surface area (Å²) in [5.41, 5.74) is -0.0656. The molecule has 0 spiro atoms. The number of benzene rings is 1. The molecule has 0 bridgehead atoms. The van der Waals surface area contributed by atoms with Crippen molar-refractivity contribution in [2.45, 2.75) is 39.0 Å². The second kappa shape index (κ2) is 4.82. The molecule has 2 heteroatoms. The van der Waals surface area contributed by atoms with Gasteiger partial charge in [0, 0.05) is 12.0 Å². The molecule has 17 heavy (non-hydrogen) atoms. The van der Waals surface area contributed by atoms with E-state index in [4.69, 9.17) is 0 Å². The number of hydrogen-bond donors (Lipinski definition) is 0. The van der Waals surface area contributed by atoms with Crippen LogP contribution in [0.1, 0.15) is 49.4 Å². The van der Waals surface area contributed by atoms with E-state index in [1.165, 1.54) is 0 Å². The van der Waals surface area contributed by atoms with E-state index in [1.807, 2.05) is 37.3 Å². The molecule has 0 aromatic heterocycles. The zero-order chi connectivity index (χ0) is 12.3. The molecule has 2 nitrogen and oxygen atoms in total. The molecule has 0 aliphatic heterocycles. The van der Waals surface area contributed by atoms with E-state index >= 15 is 0 Å². The first-order valence-corrected chi connectivity index (χ1v) is 6.34. The third kappa shape index (κ3) is 2.04. The predicted molar refractivity (Wildman–Crippen MR) is 67.0 cm³/mol. The highest BCUT2D eigenvalue weighted by Gasteiger charge is 2.44. The maximum atomic E-state index is 12.5. The summed E-state index contributed by atoms with van der Waals surface area (Å²) in [5.74, 6) is 0.158. The van der Waals surface area contributed by atoms with Crippen LogP contribution in [0.2, 0.25) is 0 Å². The van der Waals surface area contributed by atoms with Gasteiger partial charge in [0.25, 0.3) is 0 Å². The lowest BCUT2D eigenvalue weighted by Gasteiger charge is -2.33. The van der Waals surface area contributed by atoms with Crippen molar-refractivity contribution < 1.29 is 9.59 Å². The van der Waals surface area contributed by atoms with Gasteiger partial charge < -0.3 is 0 Å². The van der Waals surface area contributed by atoms with Crippen molar-refractivity contribution in [1.82, 2.24) is 0 Å². The van der Waals surface area contributed by atoms with Crippen LogP contribution in [0.15, 0.2) is 30.3 Å². The summed E-state index contributed by atoms with van der Waals surface area (Å²) in [6, 6.07) is 9.20. The van der Waals surface area contributed by atoms with E-state index in [1.54, 1.807) is 0 Å². The monoisotopic (exact) mass is 230 g/mol. The summed E-state index contributed by atoms with van der Waals surface area (Å²) >= 11 is 0. The predicted octanol–water partition coefficient (Wildman–Crippen LogP) is 3.41. The second-order valence-corrected chi connectivity index (χ2v) is 4.76. The first kappa shape index (κ1) is 12.0. The van der Waals surface area contributed by atoms with E-state index < -0.39 is 5.41 Å². The van der Waals surface area contributed by atoms with Gasteiger partial charge in [0.05, 0.1) is 5.41 Å². The Kier molecular flexibility index (Phi) is 3.41. The number of carbonyl (C=O) groups is 2. The van der Waals surface area contributed by atoms with Crippen LogP contribution in [-0.2, 0) is 4.79 Å². The molecule has 1 aliphatic rings. The van der Waals surface area contributed by atoms with Crippen molar-refractivity contribution in [1.29, 1.82) is 0 Å². The van der Waals surface area contributed by atoms with Gasteiger partial charge in [0.1, 0.15) is 5.78 Å². The van der Waals surface area contributed by atoms with Crippen LogP contribution in [0.4, 0.5) is 0 Å². The van der Waals surface area contributed by atoms with Crippen LogP contribution in [-0.4, -0.2) is 11.6 Å². The molecule has 1 aromatic rings. The van der Waals surface area contributed by atoms with Crippen LogP contribution in [0, 0.1) is 5.41 Å². The summed E-state index contributed by atoms with van der Waals surface area (Å²) in [5, 5.41) is 0. The second-order valence-electron chi connectivity index (χ2n) is 4.76. The molecule has 0 amide bonds. The van der Waals surface area contributed by atoms with Crippen LogP contribution in [0.3, 0.4) is 0 Å². The summed E-state index contributed by atoms with van der Waals surface area (Å²) in [4.78, 5) is 24.7. The molecule has 0 N–H and O–H groups in total. The van der Waals surface area contributed by atoms with E-state index in [9.17, 15) is 9.59 Å². The van der Waals surface area contributed by atoms with Gasteiger partial charge >= 0.3 is 0 Å². The molecule has 0 heterocycles. The molecule has 1 aromatic carbocycles. The molecule has 1 unspecified atom stereocenters. The molecule has 0 saturated heterocycles. The van der Waals surface area contributed by atoms with Gasteiger partial charge in [0.15, 0.2) is 5.78 Å². The van der Waals surface area contributed by atoms with E-state index in [0.29, 0.717) is 18.4 Å². The minimum absolute atomic E-state index is 0.0188. The molecular formula is C15H18O2. The Morgan fingerprint density at radius 1 is 1.24 bits per heavy atom. The Hall–Kier alpha value is -1.44.